The van der Waals surface area contributed by atoms with Crippen molar-refractivity contribution >= 4 is 12.1 Å². The fraction of sp³-hybridized carbons (Fsp3) is 0.333. The highest BCUT2D eigenvalue weighted by Crippen LogP contribution is 2.47. The molecule has 24 heavy (non-hydrogen) atoms. The highest BCUT2D eigenvalue weighted by atomic mass is 16.2. The van der Waals surface area contributed by atoms with Crippen LogP contribution in [0, 0.1) is 17.8 Å². The summed E-state index contributed by atoms with van der Waals surface area (Å²) >= 11 is 0. The minimum Gasteiger partial charge on any atom is -0.267 e. The maximum absolute atomic E-state index is 12.2. The lowest BCUT2D eigenvalue weighted by molar-refractivity contribution is 0.0955. The summed E-state index contributed by atoms with van der Waals surface area (Å²) in [6.45, 7) is 0. The van der Waals surface area contributed by atoms with E-state index in [9.17, 15) is 4.79 Å². The number of carbonyl (C=O) groups excluding carboxylic acids is 1. The zero-order valence-corrected chi connectivity index (χ0v) is 13.7. The molecule has 2 fully saturated rings. The molecule has 2 bridgehead atoms. The van der Waals surface area contributed by atoms with Crippen LogP contribution in [0.4, 0.5) is 0 Å². The maximum Gasteiger partial charge on any atom is 0.271 e. The van der Waals surface area contributed by atoms with Gasteiger partial charge in [0.25, 0.3) is 5.91 Å². The normalized spacial score (nSPS) is 25.2. The van der Waals surface area contributed by atoms with Crippen molar-refractivity contribution in [2.24, 2.45) is 22.9 Å². The molecule has 0 aliphatic heterocycles. The van der Waals surface area contributed by atoms with Crippen LogP contribution in [-0.2, 0) is 0 Å². The van der Waals surface area contributed by atoms with Crippen molar-refractivity contribution < 1.29 is 4.79 Å². The maximum atomic E-state index is 12.2. The van der Waals surface area contributed by atoms with E-state index in [2.05, 4.69) is 22.7 Å². The summed E-state index contributed by atoms with van der Waals surface area (Å²) in [5.74, 6) is 2.10. The molecule has 4 rings (SSSR count). The summed E-state index contributed by atoms with van der Waals surface area (Å²) in [5, 5.41) is 4.20. The topological polar surface area (TPSA) is 41.5 Å². The fourth-order valence-corrected chi connectivity index (χ4v) is 4.18. The van der Waals surface area contributed by atoms with Crippen LogP contribution in [0.15, 0.2) is 59.7 Å². The summed E-state index contributed by atoms with van der Waals surface area (Å²) in [7, 11) is 0. The Morgan fingerprint density at radius 2 is 1.71 bits per heavy atom. The number of rotatable bonds is 4. The van der Waals surface area contributed by atoms with Gasteiger partial charge in [-0.25, -0.2) is 5.43 Å². The first kappa shape index (κ1) is 15.1. The minimum atomic E-state index is -0.144. The molecule has 3 heteroatoms. The van der Waals surface area contributed by atoms with Crippen molar-refractivity contribution in [3.63, 3.8) is 0 Å². The van der Waals surface area contributed by atoms with E-state index in [0.29, 0.717) is 11.5 Å². The SMILES string of the molecule is O=C(NN=CC1CC2CCC1C2)c1ccc(-c2ccccc2)cc1. The Labute approximate surface area is 142 Å². The second kappa shape index (κ2) is 6.60. The number of nitrogens with zero attached hydrogens (tertiary/aromatic N) is 1. The molecule has 0 aromatic heterocycles. The van der Waals surface area contributed by atoms with Crippen LogP contribution in [0.2, 0.25) is 0 Å². The average Bonchev–Trinajstić information content (AvgIpc) is 3.26. The summed E-state index contributed by atoms with van der Waals surface area (Å²) in [6, 6.07) is 17.8. The van der Waals surface area contributed by atoms with E-state index in [1.807, 2.05) is 48.7 Å². The van der Waals surface area contributed by atoms with Gasteiger partial charge in [-0.3, -0.25) is 4.79 Å². The van der Waals surface area contributed by atoms with Crippen molar-refractivity contribution in [1.82, 2.24) is 5.43 Å². The summed E-state index contributed by atoms with van der Waals surface area (Å²) in [5.41, 5.74) is 5.57. The molecule has 0 radical (unpaired) electrons. The number of amides is 1. The molecule has 3 nitrogen and oxygen atoms in total. The zero-order valence-electron chi connectivity index (χ0n) is 13.7. The number of hydrogen-bond donors (Lipinski definition) is 1. The second-order valence-corrected chi connectivity index (χ2v) is 7.00. The van der Waals surface area contributed by atoms with E-state index in [-0.39, 0.29) is 5.91 Å². The van der Waals surface area contributed by atoms with Crippen molar-refractivity contribution in [2.45, 2.75) is 25.7 Å². The summed E-state index contributed by atoms with van der Waals surface area (Å²) < 4.78 is 0. The fourth-order valence-electron chi connectivity index (χ4n) is 4.18. The lowest BCUT2D eigenvalue weighted by Gasteiger charge is -2.16. The third kappa shape index (κ3) is 3.12. The number of benzene rings is 2. The second-order valence-electron chi connectivity index (χ2n) is 7.00. The molecule has 0 heterocycles. The molecule has 1 amide bonds. The molecule has 2 aromatic rings. The molecule has 3 atom stereocenters. The highest BCUT2D eigenvalue weighted by Gasteiger charge is 2.38. The van der Waals surface area contributed by atoms with Gasteiger partial charge in [-0.2, -0.15) is 5.10 Å². The molecule has 2 saturated carbocycles. The van der Waals surface area contributed by atoms with Crippen LogP contribution in [0.5, 0.6) is 0 Å². The van der Waals surface area contributed by atoms with E-state index in [1.165, 1.54) is 25.7 Å². The minimum absolute atomic E-state index is 0.144. The van der Waals surface area contributed by atoms with E-state index in [4.69, 9.17) is 0 Å². The Bertz CT molecular complexity index is 736. The van der Waals surface area contributed by atoms with Gasteiger partial charge in [0.15, 0.2) is 0 Å². The largest absolute Gasteiger partial charge is 0.271 e. The van der Waals surface area contributed by atoms with Gasteiger partial charge in [0.1, 0.15) is 0 Å². The van der Waals surface area contributed by atoms with Gasteiger partial charge in [-0.1, -0.05) is 48.9 Å². The van der Waals surface area contributed by atoms with E-state index >= 15 is 0 Å². The monoisotopic (exact) mass is 318 g/mol. The number of hydrazone groups is 1. The first-order valence-corrected chi connectivity index (χ1v) is 8.78. The van der Waals surface area contributed by atoms with Gasteiger partial charge in [0.05, 0.1) is 0 Å². The predicted octanol–water partition coefficient (Wildman–Crippen LogP) is 4.51. The molecule has 3 unspecified atom stereocenters. The van der Waals surface area contributed by atoms with Crippen LogP contribution in [0.25, 0.3) is 11.1 Å². The van der Waals surface area contributed by atoms with Gasteiger partial charge in [-0.15, -0.1) is 0 Å². The molecular weight excluding hydrogens is 296 g/mol. The van der Waals surface area contributed by atoms with Gasteiger partial charge in [0.2, 0.25) is 0 Å². The molecule has 1 N–H and O–H groups in total. The molecule has 122 valence electrons. The van der Waals surface area contributed by atoms with Crippen LogP contribution < -0.4 is 5.43 Å². The van der Waals surface area contributed by atoms with Crippen LogP contribution in [-0.4, -0.2) is 12.1 Å². The van der Waals surface area contributed by atoms with Crippen molar-refractivity contribution in [3.05, 3.63) is 60.2 Å². The molecule has 0 spiro atoms. The van der Waals surface area contributed by atoms with Gasteiger partial charge in [-0.05, 0) is 60.3 Å². The van der Waals surface area contributed by atoms with Crippen molar-refractivity contribution in [2.75, 3.05) is 0 Å². The van der Waals surface area contributed by atoms with Crippen molar-refractivity contribution in [1.29, 1.82) is 0 Å². The predicted molar refractivity (Wildman–Crippen MR) is 96.8 cm³/mol. The van der Waals surface area contributed by atoms with Gasteiger partial charge in [0, 0.05) is 11.8 Å². The van der Waals surface area contributed by atoms with E-state index in [0.717, 1.165) is 23.0 Å². The lowest BCUT2D eigenvalue weighted by Crippen LogP contribution is -2.20. The number of hydrogen-bond acceptors (Lipinski definition) is 2. The molecular formula is C21H22N2O. The highest BCUT2D eigenvalue weighted by molar-refractivity contribution is 5.94. The lowest BCUT2D eigenvalue weighted by atomic mass is 9.90. The van der Waals surface area contributed by atoms with E-state index in [1.54, 1.807) is 0 Å². The van der Waals surface area contributed by atoms with Crippen LogP contribution >= 0.6 is 0 Å². The first-order chi connectivity index (χ1) is 11.8. The van der Waals surface area contributed by atoms with Crippen LogP contribution in [0.3, 0.4) is 0 Å². The number of fused-ring (bicyclic) bond motifs is 2. The molecule has 2 aliphatic rings. The molecule has 0 saturated heterocycles. The Kier molecular flexibility index (Phi) is 4.16. The van der Waals surface area contributed by atoms with Gasteiger partial charge < -0.3 is 0 Å². The van der Waals surface area contributed by atoms with E-state index < -0.39 is 0 Å². The standard InChI is InChI=1S/C21H22N2O/c24-21(23-22-14-20-13-15-6-7-19(20)12-15)18-10-8-17(9-11-18)16-4-2-1-3-5-16/h1-5,8-11,14-15,19-20H,6-7,12-13H2,(H,23,24). The Hall–Kier alpha value is -2.42. The summed E-state index contributed by atoms with van der Waals surface area (Å²) in [6.07, 6.45) is 7.27. The number of carbonyl (C=O) groups is 1. The zero-order chi connectivity index (χ0) is 16.4. The van der Waals surface area contributed by atoms with Gasteiger partial charge >= 0.3 is 0 Å². The third-order valence-electron chi connectivity index (χ3n) is 5.48. The summed E-state index contributed by atoms with van der Waals surface area (Å²) in [4.78, 5) is 12.2. The number of nitrogens with one attached hydrogen (secondary N) is 1. The van der Waals surface area contributed by atoms with Crippen LogP contribution in [0.1, 0.15) is 36.0 Å². The first-order valence-electron chi connectivity index (χ1n) is 8.78. The Morgan fingerprint density at radius 1 is 0.958 bits per heavy atom. The quantitative estimate of drug-likeness (QED) is 0.654. The smallest absolute Gasteiger partial charge is 0.267 e. The van der Waals surface area contributed by atoms with Crippen molar-refractivity contribution in [3.8, 4) is 11.1 Å². The Balaban J connectivity index is 1.36. The Morgan fingerprint density at radius 3 is 2.38 bits per heavy atom. The molecule has 2 aromatic carbocycles. The third-order valence-corrected chi connectivity index (χ3v) is 5.48. The average molecular weight is 318 g/mol. The molecule has 2 aliphatic carbocycles.